The minimum atomic E-state index is 0.138. The molecule has 7 heteroatoms. The average molecular weight is 518 g/mol. The fraction of sp³-hybridized carbons (Fsp3) is 0.400. The minimum absolute atomic E-state index is 0.138. The molecule has 6 nitrogen and oxygen atoms in total. The normalized spacial score (nSPS) is 16.8. The van der Waals surface area contributed by atoms with E-state index in [1.165, 1.54) is 11.1 Å². The lowest BCUT2D eigenvalue weighted by molar-refractivity contribution is 0.0745. The number of amides is 1. The summed E-state index contributed by atoms with van der Waals surface area (Å²) in [6.45, 7) is 13.9. The van der Waals surface area contributed by atoms with Crippen molar-refractivity contribution < 1.29 is 4.79 Å². The van der Waals surface area contributed by atoms with Crippen molar-refractivity contribution in [1.82, 2.24) is 14.8 Å². The number of hydrogen-bond acceptors (Lipinski definition) is 5. The lowest BCUT2D eigenvalue weighted by Crippen LogP contribution is -2.49. The lowest BCUT2D eigenvalue weighted by atomic mass is 9.98. The molecular weight excluding hydrogens is 482 g/mol. The molecule has 0 saturated carbocycles. The van der Waals surface area contributed by atoms with Crippen LogP contribution in [0.15, 0.2) is 54.6 Å². The Morgan fingerprint density at radius 2 is 1.51 bits per heavy atom. The number of carbonyl (C=O) groups excluding carboxylic acids is 1. The van der Waals surface area contributed by atoms with Gasteiger partial charge in [-0.2, -0.15) is 0 Å². The molecule has 37 heavy (non-hydrogen) atoms. The van der Waals surface area contributed by atoms with E-state index < -0.39 is 0 Å². The van der Waals surface area contributed by atoms with Crippen molar-refractivity contribution in [3.63, 3.8) is 0 Å². The molecule has 0 spiro atoms. The monoisotopic (exact) mass is 517 g/mol. The fourth-order valence-corrected chi connectivity index (χ4v) is 5.66. The number of benzene rings is 2. The van der Waals surface area contributed by atoms with E-state index in [0.717, 1.165) is 79.2 Å². The number of halogens is 1. The van der Waals surface area contributed by atoms with Crippen molar-refractivity contribution in [3.05, 3.63) is 87.6 Å². The van der Waals surface area contributed by atoms with Crippen molar-refractivity contribution in [2.75, 3.05) is 62.2 Å². The number of piperazine rings is 2. The number of carbonyl (C=O) groups is 1. The highest BCUT2D eigenvalue weighted by Crippen LogP contribution is 2.27. The molecule has 1 amide bonds. The van der Waals surface area contributed by atoms with Crippen molar-refractivity contribution >= 4 is 29.0 Å². The number of pyridine rings is 1. The van der Waals surface area contributed by atoms with E-state index in [9.17, 15) is 4.79 Å². The number of aryl methyl sites for hydroxylation is 3. The number of para-hydroxylation sites is 1. The summed E-state index contributed by atoms with van der Waals surface area (Å²) in [5, 5.41) is 0.810. The van der Waals surface area contributed by atoms with Crippen LogP contribution in [0.4, 0.5) is 11.5 Å². The first-order valence-electron chi connectivity index (χ1n) is 13.2. The van der Waals surface area contributed by atoms with Gasteiger partial charge < -0.3 is 14.7 Å². The van der Waals surface area contributed by atoms with Crippen LogP contribution >= 0.6 is 11.6 Å². The second kappa shape index (κ2) is 11.1. The number of aromatic nitrogens is 1. The molecule has 1 aromatic heterocycles. The third-order valence-electron chi connectivity index (χ3n) is 7.64. The summed E-state index contributed by atoms with van der Waals surface area (Å²) >= 11 is 6.42. The highest BCUT2D eigenvalue weighted by atomic mass is 35.5. The largest absolute Gasteiger partial charge is 0.368 e. The van der Waals surface area contributed by atoms with Gasteiger partial charge in [-0.05, 0) is 67.8 Å². The predicted molar refractivity (Wildman–Crippen MR) is 152 cm³/mol. The van der Waals surface area contributed by atoms with E-state index >= 15 is 0 Å². The molecule has 3 heterocycles. The van der Waals surface area contributed by atoms with Crippen LogP contribution in [-0.4, -0.2) is 73.0 Å². The van der Waals surface area contributed by atoms with Crippen molar-refractivity contribution in [2.45, 2.75) is 27.3 Å². The van der Waals surface area contributed by atoms with Gasteiger partial charge in [-0.25, -0.2) is 4.98 Å². The van der Waals surface area contributed by atoms with Crippen LogP contribution in [0.25, 0.3) is 0 Å². The summed E-state index contributed by atoms with van der Waals surface area (Å²) < 4.78 is 0. The summed E-state index contributed by atoms with van der Waals surface area (Å²) in [6.07, 6.45) is 0. The van der Waals surface area contributed by atoms with Gasteiger partial charge in [-0.3, -0.25) is 9.69 Å². The second-order valence-corrected chi connectivity index (χ2v) is 10.6. The Bertz CT molecular complexity index is 1260. The van der Waals surface area contributed by atoms with Gasteiger partial charge in [-0.1, -0.05) is 35.9 Å². The Morgan fingerprint density at radius 3 is 2.22 bits per heavy atom. The Balaban J connectivity index is 1.22. The molecule has 0 bridgehead atoms. The molecule has 0 radical (unpaired) electrons. The quantitative estimate of drug-likeness (QED) is 0.479. The van der Waals surface area contributed by atoms with E-state index in [2.05, 4.69) is 57.8 Å². The molecule has 0 atom stereocenters. The Labute approximate surface area is 225 Å². The molecule has 0 aliphatic carbocycles. The molecule has 3 aromatic rings. The van der Waals surface area contributed by atoms with Crippen molar-refractivity contribution in [1.29, 1.82) is 0 Å². The molecule has 194 valence electrons. The van der Waals surface area contributed by atoms with E-state index in [4.69, 9.17) is 11.6 Å². The van der Waals surface area contributed by atoms with Gasteiger partial charge in [0.15, 0.2) is 0 Å². The van der Waals surface area contributed by atoms with Gasteiger partial charge in [-0.15, -0.1) is 0 Å². The zero-order valence-corrected chi connectivity index (χ0v) is 22.8. The van der Waals surface area contributed by atoms with Gasteiger partial charge in [0.25, 0.3) is 5.91 Å². The third-order valence-corrected chi connectivity index (χ3v) is 7.96. The maximum absolute atomic E-state index is 13.6. The highest BCUT2D eigenvalue weighted by molar-refractivity contribution is 6.33. The Kier molecular flexibility index (Phi) is 7.68. The van der Waals surface area contributed by atoms with E-state index in [1.807, 2.05) is 42.2 Å². The predicted octanol–water partition coefficient (Wildman–Crippen LogP) is 4.94. The molecule has 5 rings (SSSR count). The highest BCUT2D eigenvalue weighted by Gasteiger charge is 2.25. The number of hydrogen-bond donors (Lipinski definition) is 0. The average Bonchev–Trinajstić information content (AvgIpc) is 2.91. The standard InChI is InChI=1S/C30H36ClN5O/c1-22-19-23(2)26(30(37)36-17-15-35(16-18-36)29-10-6-7-24(3)32-29)20-25(22)21-33-11-13-34(14-12-33)28-9-5-4-8-27(28)31/h4-10,19-20H,11-18,21H2,1-3H3. The molecule has 2 saturated heterocycles. The number of nitrogens with zero attached hydrogens (tertiary/aromatic N) is 5. The fourth-order valence-electron chi connectivity index (χ4n) is 5.41. The first-order chi connectivity index (χ1) is 17.9. The van der Waals surface area contributed by atoms with Crippen LogP contribution in [0.3, 0.4) is 0 Å². The smallest absolute Gasteiger partial charge is 0.254 e. The number of rotatable bonds is 5. The Hall–Kier alpha value is -3.09. The molecule has 2 aliphatic rings. The first kappa shape index (κ1) is 25.6. The van der Waals surface area contributed by atoms with E-state index in [-0.39, 0.29) is 5.91 Å². The van der Waals surface area contributed by atoms with Crippen LogP contribution in [0.2, 0.25) is 5.02 Å². The van der Waals surface area contributed by atoms with Gasteiger partial charge in [0.1, 0.15) is 5.82 Å². The second-order valence-electron chi connectivity index (χ2n) is 10.2. The van der Waals surface area contributed by atoms with Gasteiger partial charge in [0.05, 0.1) is 10.7 Å². The Morgan fingerprint density at radius 1 is 0.811 bits per heavy atom. The lowest BCUT2D eigenvalue weighted by Gasteiger charge is -2.37. The van der Waals surface area contributed by atoms with Crippen molar-refractivity contribution in [3.8, 4) is 0 Å². The molecule has 2 aromatic carbocycles. The molecule has 0 unspecified atom stereocenters. The van der Waals surface area contributed by atoms with Crippen molar-refractivity contribution in [2.24, 2.45) is 0 Å². The van der Waals surface area contributed by atoms with Crippen LogP contribution in [0, 0.1) is 20.8 Å². The maximum atomic E-state index is 13.6. The SMILES string of the molecule is Cc1cccc(N2CCN(C(=O)c3cc(CN4CCN(c5ccccc5Cl)CC4)c(C)cc3C)CC2)n1. The zero-order chi connectivity index (χ0) is 25.9. The van der Waals surface area contributed by atoms with E-state index in [0.29, 0.717) is 13.1 Å². The van der Waals surface area contributed by atoms with Crippen LogP contribution in [0.1, 0.15) is 32.7 Å². The van der Waals surface area contributed by atoms with Gasteiger partial charge in [0.2, 0.25) is 0 Å². The summed E-state index contributed by atoms with van der Waals surface area (Å²) in [7, 11) is 0. The first-order valence-corrected chi connectivity index (χ1v) is 13.6. The van der Waals surface area contributed by atoms with Gasteiger partial charge in [0, 0.05) is 70.2 Å². The minimum Gasteiger partial charge on any atom is -0.368 e. The van der Waals surface area contributed by atoms with Gasteiger partial charge >= 0.3 is 0 Å². The summed E-state index contributed by atoms with van der Waals surface area (Å²) in [5.41, 5.74) is 6.50. The maximum Gasteiger partial charge on any atom is 0.254 e. The number of anilines is 2. The summed E-state index contributed by atoms with van der Waals surface area (Å²) in [4.78, 5) is 27.3. The van der Waals surface area contributed by atoms with E-state index in [1.54, 1.807) is 0 Å². The molecule has 2 aliphatic heterocycles. The topological polar surface area (TPSA) is 42.9 Å². The summed E-state index contributed by atoms with van der Waals surface area (Å²) in [5.74, 6) is 1.13. The van der Waals surface area contributed by atoms with Crippen LogP contribution in [0.5, 0.6) is 0 Å². The zero-order valence-electron chi connectivity index (χ0n) is 22.1. The molecule has 2 fully saturated rings. The van der Waals surface area contributed by atoms with Crippen LogP contribution in [-0.2, 0) is 6.54 Å². The van der Waals surface area contributed by atoms with Crippen LogP contribution < -0.4 is 9.80 Å². The molecule has 0 N–H and O–H groups in total. The summed E-state index contributed by atoms with van der Waals surface area (Å²) in [6, 6.07) is 18.5. The third kappa shape index (κ3) is 5.76. The molecular formula is C30H36ClN5O.